The van der Waals surface area contributed by atoms with Crippen molar-refractivity contribution >= 4 is 11.8 Å². The van der Waals surface area contributed by atoms with Gasteiger partial charge in [-0.05, 0) is 24.7 Å². The average molecular weight is 280 g/mol. The zero-order valence-electron chi connectivity index (χ0n) is 13.0. The number of rotatable bonds is 4. The van der Waals surface area contributed by atoms with Crippen molar-refractivity contribution < 1.29 is 9.59 Å². The Labute approximate surface area is 122 Å². The number of carbonyl (C=O) groups is 2. The summed E-state index contributed by atoms with van der Waals surface area (Å²) in [5, 5.41) is 2.89. The van der Waals surface area contributed by atoms with E-state index in [1.807, 2.05) is 11.8 Å². The molecule has 1 saturated heterocycles. The van der Waals surface area contributed by atoms with Gasteiger partial charge in [0.25, 0.3) is 0 Å². The second-order valence-corrected chi connectivity index (χ2v) is 6.42. The summed E-state index contributed by atoms with van der Waals surface area (Å²) in [5.74, 6) is 0.925. The van der Waals surface area contributed by atoms with Crippen LogP contribution in [-0.2, 0) is 9.59 Å². The second kappa shape index (κ2) is 6.59. The van der Waals surface area contributed by atoms with Crippen LogP contribution in [0, 0.1) is 11.8 Å². The Morgan fingerprint density at radius 3 is 2.60 bits per heavy atom. The van der Waals surface area contributed by atoms with E-state index in [0.717, 1.165) is 19.3 Å². The van der Waals surface area contributed by atoms with Gasteiger partial charge in [0, 0.05) is 6.04 Å². The van der Waals surface area contributed by atoms with Gasteiger partial charge < -0.3 is 10.2 Å². The number of carbonyl (C=O) groups excluding carboxylic acids is 2. The maximum atomic E-state index is 12.7. The Kier molecular flexibility index (Phi) is 5.06. The molecule has 1 heterocycles. The van der Waals surface area contributed by atoms with Gasteiger partial charge in [0.1, 0.15) is 6.04 Å². The fourth-order valence-electron chi connectivity index (χ4n) is 3.67. The number of nitrogens with zero attached hydrogens (tertiary/aromatic N) is 1. The zero-order chi connectivity index (χ0) is 14.7. The van der Waals surface area contributed by atoms with Crippen LogP contribution in [0.3, 0.4) is 0 Å². The van der Waals surface area contributed by atoms with Gasteiger partial charge in [-0.3, -0.25) is 9.59 Å². The third-order valence-electron chi connectivity index (χ3n) is 5.19. The van der Waals surface area contributed by atoms with E-state index < -0.39 is 0 Å². The molecule has 0 aromatic heterocycles. The highest BCUT2D eigenvalue weighted by molar-refractivity contribution is 5.95. The van der Waals surface area contributed by atoms with Crippen LogP contribution in [0.25, 0.3) is 0 Å². The third-order valence-corrected chi connectivity index (χ3v) is 5.19. The highest BCUT2D eigenvalue weighted by Gasteiger charge is 2.41. The first kappa shape index (κ1) is 15.3. The maximum absolute atomic E-state index is 12.7. The minimum Gasteiger partial charge on any atom is -0.342 e. The van der Waals surface area contributed by atoms with Gasteiger partial charge in [-0.2, -0.15) is 0 Å². The molecule has 114 valence electrons. The third kappa shape index (κ3) is 2.99. The van der Waals surface area contributed by atoms with E-state index >= 15 is 0 Å². The molecule has 0 aromatic carbocycles. The number of hydrogen-bond donors (Lipinski definition) is 1. The lowest BCUT2D eigenvalue weighted by Crippen LogP contribution is -2.63. The van der Waals surface area contributed by atoms with Crippen molar-refractivity contribution in [2.24, 2.45) is 11.8 Å². The van der Waals surface area contributed by atoms with E-state index in [4.69, 9.17) is 0 Å². The van der Waals surface area contributed by atoms with Crippen LogP contribution in [0.4, 0.5) is 0 Å². The summed E-state index contributed by atoms with van der Waals surface area (Å²) in [4.78, 5) is 26.6. The topological polar surface area (TPSA) is 49.4 Å². The Morgan fingerprint density at radius 1 is 1.25 bits per heavy atom. The molecule has 2 aliphatic rings. The standard InChI is InChI=1S/C16H28N2O2/c1-4-11(3)15-16(20)18(10-14(19)17-15)13-9-7-6-8-12(13)5-2/h11-13,15H,4-10H2,1-3H3,(H,17,19). The molecule has 1 N–H and O–H groups in total. The summed E-state index contributed by atoms with van der Waals surface area (Å²) in [6.07, 6.45) is 6.71. The summed E-state index contributed by atoms with van der Waals surface area (Å²) in [6, 6.07) is -0.0421. The van der Waals surface area contributed by atoms with Gasteiger partial charge >= 0.3 is 0 Å². The van der Waals surface area contributed by atoms with Crippen LogP contribution < -0.4 is 5.32 Å². The lowest BCUT2D eigenvalue weighted by Gasteiger charge is -2.44. The first-order valence-electron chi connectivity index (χ1n) is 8.18. The molecule has 0 spiro atoms. The summed E-state index contributed by atoms with van der Waals surface area (Å²) in [6.45, 7) is 6.57. The van der Waals surface area contributed by atoms with Crippen LogP contribution in [-0.4, -0.2) is 35.3 Å². The quantitative estimate of drug-likeness (QED) is 0.859. The normalized spacial score (nSPS) is 33.0. The smallest absolute Gasteiger partial charge is 0.246 e. The molecule has 4 heteroatoms. The lowest BCUT2D eigenvalue weighted by molar-refractivity contribution is -0.150. The van der Waals surface area contributed by atoms with Crippen LogP contribution in [0.1, 0.15) is 59.3 Å². The van der Waals surface area contributed by atoms with Crippen molar-refractivity contribution in [1.29, 1.82) is 0 Å². The van der Waals surface area contributed by atoms with E-state index in [0.29, 0.717) is 5.92 Å². The molecule has 20 heavy (non-hydrogen) atoms. The van der Waals surface area contributed by atoms with Gasteiger partial charge in [-0.15, -0.1) is 0 Å². The summed E-state index contributed by atoms with van der Waals surface area (Å²) < 4.78 is 0. The molecule has 0 radical (unpaired) electrons. The van der Waals surface area contributed by atoms with E-state index in [9.17, 15) is 9.59 Å². The molecule has 1 saturated carbocycles. The van der Waals surface area contributed by atoms with Crippen molar-refractivity contribution in [3.8, 4) is 0 Å². The van der Waals surface area contributed by atoms with E-state index in [1.165, 1.54) is 19.3 Å². The highest BCUT2D eigenvalue weighted by Crippen LogP contribution is 2.32. The molecular formula is C16H28N2O2. The fraction of sp³-hybridized carbons (Fsp3) is 0.875. The van der Waals surface area contributed by atoms with Gasteiger partial charge in [0.15, 0.2) is 0 Å². The Balaban J connectivity index is 2.16. The molecule has 2 rings (SSSR count). The van der Waals surface area contributed by atoms with Gasteiger partial charge in [0.05, 0.1) is 6.54 Å². The number of nitrogens with one attached hydrogen (secondary N) is 1. The lowest BCUT2D eigenvalue weighted by atomic mass is 9.81. The molecule has 0 bridgehead atoms. The van der Waals surface area contributed by atoms with E-state index in [1.54, 1.807) is 0 Å². The number of hydrogen-bond acceptors (Lipinski definition) is 2. The van der Waals surface area contributed by atoms with Crippen LogP contribution in [0.5, 0.6) is 0 Å². The summed E-state index contributed by atoms with van der Waals surface area (Å²) in [7, 11) is 0. The molecule has 2 amide bonds. The average Bonchev–Trinajstić information content (AvgIpc) is 2.48. The summed E-state index contributed by atoms with van der Waals surface area (Å²) >= 11 is 0. The molecule has 1 aliphatic carbocycles. The Hall–Kier alpha value is -1.06. The zero-order valence-corrected chi connectivity index (χ0v) is 13.0. The maximum Gasteiger partial charge on any atom is 0.246 e. The highest BCUT2D eigenvalue weighted by atomic mass is 16.2. The van der Waals surface area contributed by atoms with Crippen molar-refractivity contribution in [2.45, 2.75) is 71.4 Å². The SMILES string of the molecule is CCC(C)C1NC(=O)CN(C2CCCCC2CC)C1=O. The first-order valence-corrected chi connectivity index (χ1v) is 8.18. The molecule has 4 unspecified atom stereocenters. The minimum absolute atomic E-state index is 0.00956. The predicted molar refractivity (Wildman–Crippen MR) is 79.1 cm³/mol. The van der Waals surface area contributed by atoms with Gasteiger partial charge in [0.2, 0.25) is 11.8 Å². The van der Waals surface area contributed by atoms with Gasteiger partial charge in [-0.1, -0.05) is 46.5 Å². The Morgan fingerprint density at radius 2 is 1.95 bits per heavy atom. The van der Waals surface area contributed by atoms with Crippen LogP contribution in [0.15, 0.2) is 0 Å². The van der Waals surface area contributed by atoms with Crippen LogP contribution >= 0.6 is 0 Å². The van der Waals surface area contributed by atoms with Crippen molar-refractivity contribution in [1.82, 2.24) is 10.2 Å². The first-order chi connectivity index (χ1) is 9.58. The van der Waals surface area contributed by atoms with Gasteiger partial charge in [-0.25, -0.2) is 0 Å². The fourth-order valence-corrected chi connectivity index (χ4v) is 3.67. The molecule has 4 nitrogen and oxygen atoms in total. The molecular weight excluding hydrogens is 252 g/mol. The largest absolute Gasteiger partial charge is 0.342 e. The number of amides is 2. The van der Waals surface area contributed by atoms with E-state index in [2.05, 4.69) is 19.2 Å². The van der Waals surface area contributed by atoms with Crippen molar-refractivity contribution in [2.75, 3.05) is 6.54 Å². The van der Waals surface area contributed by atoms with Crippen LogP contribution in [0.2, 0.25) is 0 Å². The Bertz CT molecular complexity index is 369. The predicted octanol–water partition coefficient (Wildman–Crippen LogP) is 2.33. The molecule has 4 atom stereocenters. The number of piperazine rings is 1. The molecule has 2 fully saturated rings. The van der Waals surface area contributed by atoms with Crippen molar-refractivity contribution in [3.63, 3.8) is 0 Å². The molecule has 0 aromatic rings. The summed E-state index contributed by atoms with van der Waals surface area (Å²) in [5.41, 5.74) is 0. The van der Waals surface area contributed by atoms with E-state index in [-0.39, 0.29) is 36.4 Å². The second-order valence-electron chi connectivity index (χ2n) is 6.42. The minimum atomic E-state index is -0.319. The monoisotopic (exact) mass is 280 g/mol. The molecule has 1 aliphatic heterocycles. The van der Waals surface area contributed by atoms with Crippen molar-refractivity contribution in [3.05, 3.63) is 0 Å².